The summed E-state index contributed by atoms with van der Waals surface area (Å²) >= 11 is 0. The van der Waals surface area contributed by atoms with E-state index in [0.29, 0.717) is 25.1 Å². The van der Waals surface area contributed by atoms with Crippen molar-refractivity contribution in [2.75, 3.05) is 18.4 Å². The fourth-order valence-electron chi connectivity index (χ4n) is 1.67. The van der Waals surface area contributed by atoms with E-state index in [1.54, 1.807) is 17.2 Å². The Morgan fingerprint density at radius 1 is 1.33 bits per heavy atom. The molecule has 0 aliphatic rings. The first kappa shape index (κ1) is 14.2. The maximum Gasteiger partial charge on any atom is 0.225 e. The Bertz CT molecular complexity index is 371. The summed E-state index contributed by atoms with van der Waals surface area (Å²) in [7, 11) is 0. The lowest BCUT2D eigenvalue weighted by atomic mass is 10.2. The van der Waals surface area contributed by atoms with Gasteiger partial charge in [-0.25, -0.2) is 0 Å². The smallest absolute Gasteiger partial charge is 0.225 e. The van der Waals surface area contributed by atoms with E-state index in [2.05, 4.69) is 15.5 Å². The first-order valence-electron chi connectivity index (χ1n) is 6.24. The molecule has 0 fully saturated rings. The van der Waals surface area contributed by atoms with E-state index in [0.717, 1.165) is 13.1 Å². The molecule has 0 atom stereocenters. The summed E-state index contributed by atoms with van der Waals surface area (Å²) in [5.41, 5.74) is 0. The zero-order valence-electron chi connectivity index (χ0n) is 10.9. The minimum Gasteiger partial charge on any atom is -0.343 e. The van der Waals surface area contributed by atoms with Crippen LogP contribution in [0.15, 0.2) is 12.3 Å². The molecule has 0 saturated carbocycles. The lowest BCUT2D eigenvalue weighted by molar-refractivity contribution is -0.130. The molecule has 6 nitrogen and oxygen atoms in total. The fraction of sp³-hybridized carbons (Fsp3) is 0.583. The number of hydrogen-bond donors (Lipinski definition) is 2. The van der Waals surface area contributed by atoms with Crippen molar-refractivity contribution in [3.63, 3.8) is 0 Å². The number of hydrogen-bond acceptors (Lipinski definition) is 3. The third-order valence-corrected chi connectivity index (χ3v) is 2.69. The molecular weight excluding hydrogens is 232 g/mol. The monoisotopic (exact) mass is 252 g/mol. The molecule has 0 aromatic carbocycles. The van der Waals surface area contributed by atoms with Gasteiger partial charge in [0.2, 0.25) is 11.8 Å². The summed E-state index contributed by atoms with van der Waals surface area (Å²) in [6, 6.07) is 1.68. The van der Waals surface area contributed by atoms with Gasteiger partial charge in [0.05, 0.1) is 6.20 Å². The van der Waals surface area contributed by atoms with Gasteiger partial charge >= 0.3 is 0 Å². The number of nitrogens with one attached hydrogen (secondary N) is 2. The highest BCUT2D eigenvalue weighted by atomic mass is 16.2. The predicted molar refractivity (Wildman–Crippen MR) is 69.0 cm³/mol. The van der Waals surface area contributed by atoms with Gasteiger partial charge in [0, 0.05) is 32.0 Å². The summed E-state index contributed by atoms with van der Waals surface area (Å²) < 4.78 is 0. The number of nitrogens with zero attached hydrogens (tertiary/aromatic N) is 2. The second kappa shape index (κ2) is 7.47. The number of aromatic amines is 1. The van der Waals surface area contributed by atoms with E-state index < -0.39 is 0 Å². The van der Waals surface area contributed by atoms with Crippen LogP contribution in [0, 0.1) is 0 Å². The van der Waals surface area contributed by atoms with Crippen LogP contribution >= 0.6 is 0 Å². The van der Waals surface area contributed by atoms with Crippen LogP contribution in [0.3, 0.4) is 0 Å². The summed E-state index contributed by atoms with van der Waals surface area (Å²) in [5, 5.41) is 9.05. The van der Waals surface area contributed by atoms with Gasteiger partial charge in [-0.15, -0.1) is 0 Å². The fourth-order valence-corrected chi connectivity index (χ4v) is 1.67. The van der Waals surface area contributed by atoms with E-state index in [1.807, 2.05) is 13.8 Å². The highest BCUT2D eigenvalue weighted by Gasteiger charge is 2.10. The molecule has 1 aromatic rings. The van der Waals surface area contributed by atoms with Crippen LogP contribution in [0.5, 0.6) is 0 Å². The molecule has 1 rings (SSSR count). The number of carbonyl (C=O) groups is 2. The van der Waals surface area contributed by atoms with Gasteiger partial charge in [0.1, 0.15) is 5.82 Å². The molecular formula is C12H20N4O2. The van der Waals surface area contributed by atoms with Crippen LogP contribution in [-0.4, -0.2) is 40.0 Å². The molecule has 2 amide bonds. The third kappa shape index (κ3) is 4.57. The minimum absolute atomic E-state index is 0.105. The molecule has 18 heavy (non-hydrogen) atoms. The molecule has 0 aliphatic carbocycles. The molecule has 0 spiro atoms. The summed E-state index contributed by atoms with van der Waals surface area (Å²) in [6.07, 6.45) is 2.89. The van der Waals surface area contributed by atoms with Gasteiger partial charge in [-0.1, -0.05) is 0 Å². The van der Waals surface area contributed by atoms with Gasteiger partial charge in [-0.3, -0.25) is 14.7 Å². The highest BCUT2D eigenvalue weighted by molar-refractivity contribution is 5.89. The number of carbonyl (C=O) groups excluding carboxylic acids is 2. The summed E-state index contributed by atoms with van der Waals surface area (Å²) in [6.45, 7) is 5.34. The summed E-state index contributed by atoms with van der Waals surface area (Å²) in [4.78, 5) is 25.0. The largest absolute Gasteiger partial charge is 0.343 e. The lowest BCUT2D eigenvalue weighted by Crippen LogP contribution is -2.30. The molecule has 100 valence electrons. The Balaban J connectivity index is 2.21. The first-order chi connectivity index (χ1) is 8.67. The average molecular weight is 252 g/mol. The van der Waals surface area contributed by atoms with E-state index in [9.17, 15) is 9.59 Å². The van der Waals surface area contributed by atoms with Crippen molar-refractivity contribution in [2.45, 2.75) is 33.1 Å². The number of anilines is 1. The van der Waals surface area contributed by atoms with Crippen molar-refractivity contribution < 1.29 is 9.59 Å². The standard InChI is InChI=1S/C12H20N4O2/c1-3-16(4-2)12(18)7-5-6-11(17)14-10-8-9-13-15-10/h8-9H,3-7H2,1-2H3,(H2,13,14,15,17). The molecule has 2 N–H and O–H groups in total. The molecule has 0 aliphatic heterocycles. The lowest BCUT2D eigenvalue weighted by Gasteiger charge is -2.18. The Morgan fingerprint density at radius 2 is 2.06 bits per heavy atom. The Hall–Kier alpha value is -1.85. The van der Waals surface area contributed by atoms with E-state index >= 15 is 0 Å². The van der Waals surface area contributed by atoms with Crippen LogP contribution in [0.2, 0.25) is 0 Å². The number of H-pyrrole nitrogens is 1. The molecule has 1 heterocycles. The predicted octanol–water partition coefficient (Wildman–Crippen LogP) is 1.39. The quantitative estimate of drug-likeness (QED) is 0.769. The normalized spacial score (nSPS) is 10.1. The van der Waals surface area contributed by atoms with Crippen molar-refractivity contribution in [1.82, 2.24) is 15.1 Å². The Morgan fingerprint density at radius 3 is 2.61 bits per heavy atom. The van der Waals surface area contributed by atoms with Crippen molar-refractivity contribution in [3.05, 3.63) is 12.3 Å². The van der Waals surface area contributed by atoms with Gasteiger partial charge in [0.25, 0.3) is 0 Å². The van der Waals surface area contributed by atoms with Crippen molar-refractivity contribution in [2.24, 2.45) is 0 Å². The third-order valence-electron chi connectivity index (χ3n) is 2.69. The molecule has 0 saturated heterocycles. The average Bonchev–Trinajstić information content (AvgIpc) is 2.83. The van der Waals surface area contributed by atoms with Crippen LogP contribution in [0.25, 0.3) is 0 Å². The number of aromatic nitrogens is 2. The summed E-state index contributed by atoms with van der Waals surface area (Å²) in [5.74, 6) is 0.580. The molecule has 1 aromatic heterocycles. The minimum atomic E-state index is -0.105. The molecule has 0 radical (unpaired) electrons. The zero-order chi connectivity index (χ0) is 13.4. The molecule has 6 heteroatoms. The number of amides is 2. The van der Waals surface area contributed by atoms with Gasteiger partial charge in [-0.2, -0.15) is 5.10 Å². The van der Waals surface area contributed by atoms with E-state index in [1.165, 1.54) is 0 Å². The molecule has 0 unspecified atom stereocenters. The SMILES string of the molecule is CCN(CC)C(=O)CCCC(=O)Nc1ccn[nH]1. The topological polar surface area (TPSA) is 78.1 Å². The highest BCUT2D eigenvalue weighted by Crippen LogP contribution is 2.04. The number of rotatable bonds is 7. The van der Waals surface area contributed by atoms with Gasteiger partial charge in [-0.05, 0) is 20.3 Å². The van der Waals surface area contributed by atoms with Crippen molar-refractivity contribution >= 4 is 17.6 Å². The Kier molecular flexibility index (Phi) is 5.90. The second-order valence-corrected chi connectivity index (χ2v) is 3.94. The van der Waals surface area contributed by atoms with Gasteiger partial charge < -0.3 is 10.2 Å². The van der Waals surface area contributed by atoms with Crippen LogP contribution < -0.4 is 5.32 Å². The van der Waals surface area contributed by atoms with Crippen LogP contribution in [0.1, 0.15) is 33.1 Å². The second-order valence-electron chi connectivity index (χ2n) is 3.94. The maximum absolute atomic E-state index is 11.7. The Labute approximate surface area is 107 Å². The van der Waals surface area contributed by atoms with Gasteiger partial charge in [0.15, 0.2) is 0 Å². The zero-order valence-corrected chi connectivity index (χ0v) is 10.9. The maximum atomic E-state index is 11.7. The molecule has 0 bridgehead atoms. The van der Waals surface area contributed by atoms with E-state index in [-0.39, 0.29) is 11.8 Å². The first-order valence-corrected chi connectivity index (χ1v) is 6.24. The van der Waals surface area contributed by atoms with E-state index in [4.69, 9.17) is 0 Å². The van der Waals surface area contributed by atoms with Crippen LogP contribution in [-0.2, 0) is 9.59 Å². The van der Waals surface area contributed by atoms with Crippen molar-refractivity contribution in [3.8, 4) is 0 Å². The van der Waals surface area contributed by atoms with Crippen LogP contribution in [0.4, 0.5) is 5.82 Å². The van der Waals surface area contributed by atoms with Crippen molar-refractivity contribution in [1.29, 1.82) is 0 Å².